The van der Waals surface area contributed by atoms with Crippen molar-refractivity contribution >= 4 is 11.9 Å². The second-order valence-corrected chi connectivity index (χ2v) is 5.35. The van der Waals surface area contributed by atoms with Gasteiger partial charge in [-0.1, -0.05) is 6.07 Å². The lowest BCUT2D eigenvalue weighted by Crippen LogP contribution is -2.28. The topological polar surface area (TPSA) is 76.5 Å². The highest BCUT2D eigenvalue weighted by Crippen LogP contribution is 2.15. The fraction of sp³-hybridized carbons (Fsp3) is 0.500. The molecule has 0 bridgehead atoms. The summed E-state index contributed by atoms with van der Waals surface area (Å²) < 4.78 is 5.13. The molecule has 1 aromatic heterocycles. The fourth-order valence-electron chi connectivity index (χ4n) is 1.60. The van der Waals surface area contributed by atoms with Crippen molar-refractivity contribution in [2.45, 2.75) is 39.2 Å². The predicted molar refractivity (Wildman–Crippen MR) is 69.5 cm³/mol. The van der Waals surface area contributed by atoms with E-state index in [1.807, 2.05) is 0 Å². The lowest BCUT2D eigenvalue weighted by atomic mass is 9.99. The van der Waals surface area contributed by atoms with Crippen LogP contribution in [0, 0.1) is 5.92 Å². The molecule has 19 heavy (non-hydrogen) atoms. The number of aromatic nitrogens is 1. The van der Waals surface area contributed by atoms with Crippen molar-refractivity contribution in [2.75, 3.05) is 0 Å². The zero-order valence-electron chi connectivity index (χ0n) is 11.4. The summed E-state index contributed by atoms with van der Waals surface area (Å²) in [5.74, 6) is -2.34. The summed E-state index contributed by atoms with van der Waals surface area (Å²) in [5.41, 5.74) is 0.0453. The van der Waals surface area contributed by atoms with Crippen LogP contribution in [0.4, 0.5) is 0 Å². The molecule has 1 rings (SSSR count). The summed E-state index contributed by atoms with van der Waals surface area (Å²) >= 11 is 0. The zero-order chi connectivity index (χ0) is 14.5. The van der Waals surface area contributed by atoms with E-state index in [9.17, 15) is 9.59 Å². The fourth-order valence-corrected chi connectivity index (χ4v) is 1.60. The number of nitrogens with zero attached hydrogens (tertiary/aromatic N) is 1. The molecule has 1 heterocycles. The number of carbonyl (C=O) groups excluding carboxylic acids is 1. The molecule has 0 aliphatic rings. The number of hydrogen-bond donors (Lipinski definition) is 1. The van der Waals surface area contributed by atoms with E-state index in [1.165, 1.54) is 0 Å². The summed E-state index contributed by atoms with van der Waals surface area (Å²) in [6.45, 7) is 5.25. The van der Waals surface area contributed by atoms with E-state index >= 15 is 0 Å². The summed E-state index contributed by atoms with van der Waals surface area (Å²) in [7, 11) is 0. The van der Waals surface area contributed by atoms with E-state index in [-0.39, 0.29) is 12.8 Å². The quantitative estimate of drug-likeness (QED) is 0.824. The molecule has 104 valence electrons. The van der Waals surface area contributed by atoms with E-state index in [0.717, 1.165) is 0 Å². The average Bonchev–Trinajstić information content (AvgIpc) is 2.26. The van der Waals surface area contributed by atoms with Crippen LogP contribution < -0.4 is 0 Å². The number of ether oxygens (including phenoxy) is 1. The average molecular weight is 265 g/mol. The van der Waals surface area contributed by atoms with Gasteiger partial charge in [-0.05, 0) is 32.9 Å². The molecule has 0 spiro atoms. The third kappa shape index (κ3) is 5.99. The smallest absolute Gasteiger partial charge is 0.307 e. The second kappa shape index (κ2) is 6.31. The van der Waals surface area contributed by atoms with Gasteiger partial charge in [-0.3, -0.25) is 14.6 Å². The number of pyridine rings is 1. The Balaban J connectivity index is 2.64. The van der Waals surface area contributed by atoms with Gasteiger partial charge in [0.05, 0.1) is 12.3 Å². The molecule has 0 aliphatic heterocycles. The van der Waals surface area contributed by atoms with Gasteiger partial charge in [0.1, 0.15) is 5.60 Å². The van der Waals surface area contributed by atoms with Crippen molar-refractivity contribution in [3.8, 4) is 0 Å². The van der Waals surface area contributed by atoms with Gasteiger partial charge < -0.3 is 9.84 Å². The maximum atomic E-state index is 11.7. The summed E-state index contributed by atoms with van der Waals surface area (Å²) in [6, 6.07) is 5.28. The molecule has 0 saturated carbocycles. The van der Waals surface area contributed by atoms with Crippen molar-refractivity contribution in [1.82, 2.24) is 4.98 Å². The van der Waals surface area contributed by atoms with Crippen LogP contribution in [-0.2, 0) is 20.7 Å². The third-order valence-electron chi connectivity index (χ3n) is 2.36. The van der Waals surface area contributed by atoms with Crippen LogP contribution in [0.2, 0.25) is 0 Å². The van der Waals surface area contributed by atoms with E-state index in [2.05, 4.69) is 4.98 Å². The van der Waals surface area contributed by atoms with Crippen molar-refractivity contribution in [2.24, 2.45) is 5.92 Å². The molecule has 1 atom stereocenters. The molecular weight excluding hydrogens is 246 g/mol. The molecule has 5 nitrogen and oxygen atoms in total. The lowest BCUT2D eigenvalue weighted by molar-refractivity contribution is -0.159. The number of carboxylic acid groups (broad SMARTS) is 1. The van der Waals surface area contributed by atoms with Gasteiger partial charge in [0.25, 0.3) is 0 Å². The maximum absolute atomic E-state index is 11.7. The minimum absolute atomic E-state index is 0.150. The van der Waals surface area contributed by atoms with Crippen LogP contribution in [-0.4, -0.2) is 27.6 Å². The monoisotopic (exact) mass is 265 g/mol. The van der Waals surface area contributed by atoms with Crippen molar-refractivity contribution < 1.29 is 19.4 Å². The van der Waals surface area contributed by atoms with Crippen molar-refractivity contribution in [1.29, 1.82) is 0 Å². The van der Waals surface area contributed by atoms with Crippen LogP contribution in [0.5, 0.6) is 0 Å². The van der Waals surface area contributed by atoms with Gasteiger partial charge in [0.15, 0.2) is 0 Å². The minimum Gasteiger partial charge on any atom is -0.481 e. The van der Waals surface area contributed by atoms with Crippen LogP contribution in [0.15, 0.2) is 24.4 Å². The van der Waals surface area contributed by atoms with Gasteiger partial charge in [-0.2, -0.15) is 0 Å². The summed E-state index contributed by atoms with van der Waals surface area (Å²) in [6.07, 6.45) is 1.67. The molecule has 1 unspecified atom stereocenters. The number of esters is 1. The van der Waals surface area contributed by atoms with Gasteiger partial charge in [-0.25, -0.2) is 0 Å². The van der Waals surface area contributed by atoms with Gasteiger partial charge in [0, 0.05) is 18.3 Å². The largest absolute Gasteiger partial charge is 0.481 e. The number of rotatable bonds is 5. The molecule has 0 aromatic carbocycles. The Kier molecular flexibility index (Phi) is 5.03. The van der Waals surface area contributed by atoms with Gasteiger partial charge >= 0.3 is 11.9 Å². The number of carboxylic acids is 1. The number of carbonyl (C=O) groups is 2. The van der Waals surface area contributed by atoms with Crippen LogP contribution in [0.1, 0.15) is 32.9 Å². The van der Waals surface area contributed by atoms with Gasteiger partial charge in [0.2, 0.25) is 0 Å². The molecule has 5 heteroatoms. The normalized spacial score (nSPS) is 12.8. The molecule has 0 aliphatic carbocycles. The highest BCUT2D eigenvalue weighted by molar-refractivity contribution is 5.79. The van der Waals surface area contributed by atoms with E-state index < -0.39 is 23.5 Å². The Morgan fingerprint density at radius 2 is 2.05 bits per heavy atom. The first-order valence-corrected chi connectivity index (χ1v) is 6.12. The number of hydrogen-bond acceptors (Lipinski definition) is 4. The van der Waals surface area contributed by atoms with Crippen molar-refractivity contribution in [3.05, 3.63) is 30.1 Å². The van der Waals surface area contributed by atoms with Gasteiger partial charge in [-0.15, -0.1) is 0 Å². The van der Waals surface area contributed by atoms with E-state index in [0.29, 0.717) is 5.69 Å². The Morgan fingerprint density at radius 3 is 2.53 bits per heavy atom. The minimum atomic E-state index is -1.02. The Bertz CT molecular complexity index is 437. The van der Waals surface area contributed by atoms with Crippen molar-refractivity contribution in [3.63, 3.8) is 0 Å². The Labute approximate surface area is 112 Å². The standard InChI is InChI=1S/C14H19NO4/c1-14(2,3)19-12(16)9-10(13(17)18)8-11-6-4-5-7-15-11/h4-7,10H,8-9H2,1-3H3,(H,17,18). The van der Waals surface area contributed by atoms with Crippen LogP contribution >= 0.6 is 0 Å². The first-order valence-electron chi connectivity index (χ1n) is 6.12. The molecule has 0 fully saturated rings. The zero-order valence-corrected chi connectivity index (χ0v) is 11.4. The summed E-state index contributed by atoms with van der Waals surface area (Å²) in [4.78, 5) is 26.9. The molecular formula is C14H19NO4. The van der Waals surface area contributed by atoms with Crippen LogP contribution in [0.25, 0.3) is 0 Å². The number of aliphatic carboxylic acids is 1. The second-order valence-electron chi connectivity index (χ2n) is 5.35. The Hall–Kier alpha value is -1.91. The van der Waals surface area contributed by atoms with E-state index in [1.54, 1.807) is 45.2 Å². The summed E-state index contributed by atoms with van der Waals surface area (Å²) in [5, 5.41) is 9.15. The molecule has 1 N–H and O–H groups in total. The van der Waals surface area contributed by atoms with Crippen LogP contribution in [0.3, 0.4) is 0 Å². The first kappa shape index (κ1) is 15.1. The highest BCUT2D eigenvalue weighted by atomic mass is 16.6. The van der Waals surface area contributed by atoms with E-state index in [4.69, 9.17) is 9.84 Å². The molecule has 0 amide bonds. The maximum Gasteiger partial charge on any atom is 0.307 e. The molecule has 1 aromatic rings. The third-order valence-corrected chi connectivity index (χ3v) is 2.36. The lowest BCUT2D eigenvalue weighted by Gasteiger charge is -2.20. The SMILES string of the molecule is CC(C)(C)OC(=O)CC(Cc1ccccn1)C(=O)O. The molecule has 0 radical (unpaired) electrons. The first-order chi connectivity index (χ1) is 8.78. The highest BCUT2D eigenvalue weighted by Gasteiger charge is 2.25. The Morgan fingerprint density at radius 1 is 1.37 bits per heavy atom. The molecule has 0 saturated heterocycles. The predicted octanol–water partition coefficient (Wildman–Crippen LogP) is 2.06.